The number of anilines is 1. The van der Waals surface area contributed by atoms with E-state index >= 15 is 0 Å². The van der Waals surface area contributed by atoms with Crippen LogP contribution in [-0.2, 0) is 9.53 Å². The smallest absolute Gasteiger partial charge is 0.335 e. The number of nitrogens with one attached hydrogen (secondary N) is 1. The summed E-state index contributed by atoms with van der Waals surface area (Å²) in [5, 5.41) is 3.69. The second-order valence-corrected chi connectivity index (χ2v) is 6.54. The summed E-state index contributed by atoms with van der Waals surface area (Å²) in [6.45, 7) is 5.91. The van der Waals surface area contributed by atoms with Crippen molar-refractivity contribution in [2.24, 2.45) is 0 Å². The molecular formula is C22H26ClNO6. The third kappa shape index (κ3) is 5.10. The van der Waals surface area contributed by atoms with Gasteiger partial charge in [0.2, 0.25) is 5.75 Å². The van der Waals surface area contributed by atoms with E-state index in [1.54, 1.807) is 37.3 Å². The highest BCUT2D eigenvalue weighted by Gasteiger charge is 2.24. The Morgan fingerprint density at radius 1 is 1.00 bits per heavy atom. The minimum absolute atomic E-state index is 0.215. The topological polar surface area (TPSA) is 75.3 Å². The van der Waals surface area contributed by atoms with Crippen LogP contribution in [0.25, 0.3) is 0 Å². The van der Waals surface area contributed by atoms with Crippen LogP contribution in [0.2, 0.25) is 5.02 Å². The van der Waals surface area contributed by atoms with Gasteiger partial charge in [0, 0.05) is 17.8 Å². The maximum Gasteiger partial charge on any atom is 0.335 e. The molecule has 30 heavy (non-hydrogen) atoms. The normalized spacial score (nSPS) is 11.3. The molecule has 1 N–H and O–H groups in total. The number of methoxy groups -OCH3 is 4. The Morgan fingerprint density at radius 3 is 2.07 bits per heavy atom. The van der Waals surface area contributed by atoms with Gasteiger partial charge in [0.15, 0.2) is 11.5 Å². The van der Waals surface area contributed by atoms with E-state index in [0.29, 0.717) is 39.3 Å². The Labute approximate surface area is 181 Å². The molecule has 0 radical (unpaired) electrons. The van der Waals surface area contributed by atoms with Crippen LogP contribution in [0, 0.1) is 0 Å². The van der Waals surface area contributed by atoms with E-state index in [9.17, 15) is 4.79 Å². The first kappa shape index (κ1) is 23.2. The molecule has 162 valence electrons. The van der Waals surface area contributed by atoms with Crippen molar-refractivity contribution in [1.29, 1.82) is 0 Å². The molecule has 1 atom stereocenters. The molecule has 2 aromatic rings. The SMILES string of the molecule is C=C(C(=O)OCC)[C@@H](Nc1cc(OC)c(OC)c(OC)c1)c1ccc(OC)c(Cl)c1. The molecule has 0 spiro atoms. The van der Waals surface area contributed by atoms with Crippen molar-refractivity contribution >= 4 is 23.3 Å². The van der Waals surface area contributed by atoms with Crippen LogP contribution in [0.1, 0.15) is 18.5 Å². The van der Waals surface area contributed by atoms with E-state index in [0.717, 1.165) is 0 Å². The summed E-state index contributed by atoms with van der Waals surface area (Å²) in [6, 6.07) is 8.07. The number of benzene rings is 2. The number of ether oxygens (including phenoxy) is 5. The molecule has 0 fully saturated rings. The van der Waals surface area contributed by atoms with Crippen LogP contribution >= 0.6 is 11.6 Å². The number of carbonyl (C=O) groups is 1. The zero-order valence-electron chi connectivity index (χ0n) is 17.7. The summed E-state index contributed by atoms with van der Waals surface area (Å²) in [4.78, 5) is 12.4. The summed E-state index contributed by atoms with van der Waals surface area (Å²) in [6.07, 6.45) is 0. The molecule has 0 heterocycles. The summed E-state index contributed by atoms with van der Waals surface area (Å²) in [7, 11) is 6.11. The number of carbonyl (C=O) groups excluding carboxylic acids is 1. The van der Waals surface area contributed by atoms with Crippen molar-refractivity contribution < 1.29 is 28.5 Å². The molecule has 7 nitrogen and oxygen atoms in total. The molecule has 8 heteroatoms. The Kier molecular flexibility index (Phi) is 8.24. The zero-order valence-corrected chi connectivity index (χ0v) is 18.5. The summed E-state index contributed by atoms with van der Waals surface area (Å²) in [5.74, 6) is 1.39. The van der Waals surface area contributed by atoms with E-state index < -0.39 is 12.0 Å². The predicted octanol–water partition coefficient (Wildman–Crippen LogP) is 4.65. The van der Waals surface area contributed by atoms with Gasteiger partial charge in [-0.15, -0.1) is 0 Å². The molecule has 0 aliphatic heterocycles. The van der Waals surface area contributed by atoms with E-state index in [4.69, 9.17) is 35.3 Å². The fraction of sp³-hybridized carbons (Fsp3) is 0.318. The number of halogens is 1. The third-order valence-electron chi connectivity index (χ3n) is 4.37. The lowest BCUT2D eigenvalue weighted by Crippen LogP contribution is -2.20. The molecule has 0 saturated carbocycles. The summed E-state index contributed by atoms with van der Waals surface area (Å²) >= 11 is 6.30. The summed E-state index contributed by atoms with van der Waals surface area (Å²) in [5.41, 5.74) is 1.53. The quantitative estimate of drug-likeness (QED) is 0.430. The van der Waals surface area contributed by atoms with Crippen LogP contribution < -0.4 is 24.3 Å². The highest BCUT2D eigenvalue weighted by Crippen LogP contribution is 2.41. The lowest BCUT2D eigenvalue weighted by molar-refractivity contribution is -0.138. The van der Waals surface area contributed by atoms with Crippen LogP contribution in [0.4, 0.5) is 5.69 Å². The van der Waals surface area contributed by atoms with Gasteiger partial charge < -0.3 is 29.0 Å². The number of esters is 1. The van der Waals surface area contributed by atoms with E-state index in [2.05, 4.69) is 11.9 Å². The monoisotopic (exact) mass is 435 g/mol. The van der Waals surface area contributed by atoms with Crippen molar-refractivity contribution in [2.75, 3.05) is 40.4 Å². The lowest BCUT2D eigenvalue weighted by atomic mass is 9.99. The maximum atomic E-state index is 12.4. The van der Waals surface area contributed by atoms with E-state index in [1.165, 1.54) is 28.4 Å². The molecule has 0 aliphatic rings. The minimum atomic E-state index is -0.629. The average molecular weight is 436 g/mol. The highest BCUT2D eigenvalue weighted by molar-refractivity contribution is 6.32. The first-order valence-electron chi connectivity index (χ1n) is 9.15. The Hall–Kier alpha value is -3.06. The van der Waals surface area contributed by atoms with Gasteiger partial charge in [0.25, 0.3) is 0 Å². The van der Waals surface area contributed by atoms with Crippen molar-refractivity contribution in [3.63, 3.8) is 0 Å². The average Bonchev–Trinajstić information content (AvgIpc) is 2.76. The predicted molar refractivity (Wildman–Crippen MR) is 116 cm³/mol. The van der Waals surface area contributed by atoms with Crippen molar-refractivity contribution in [2.45, 2.75) is 13.0 Å². The molecule has 0 saturated heterocycles. The van der Waals surface area contributed by atoms with Gasteiger partial charge in [-0.05, 0) is 24.6 Å². The minimum Gasteiger partial charge on any atom is -0.495 e. The Morgan fingerprint density at radius 2 is 1.60 bits per heavy atom. The van der Waals surface area contributed by atoms with Gasteiger partial charge in [0.1, 0.15) is 5.75 Å². The van der Waals surface area contributed by atoms with Crippen LogP contribution in [0.5, 0.6) is 23.0 Å². The largest absolute Gasteiger partial charge is 0.495 e. The number of hydrogen-bond acceptors (Lipinski definition) is 7. The third-order valence-corrected chi connectivity index (χ3v) is 4.67. The molecule has 0 aromatic heterocycles. The van der Waals surface area contributed by atoms with Gasteiger partial charge >= 0.3 is 5.97 Å². The highest BCUT2D eigenvalue weighted by atomic mass is 35.5. The molecule has 2 rings (SSSR count). The zero-order chi connectivity index (χ0) is 22.3. The first-order valence-corrected chi connectivity index (χ1v) is 9.53. The summed E-state index contributed by atoms with van der Waals surface area (Å²) < 4.78 is 26.5. The molecule has 0 bridgehead atoms. The standard InChI is InChI=1S/C22H26ClNO6/c1-7-30-22(25)13(2)20(14-8-9-17(26-3)16(23)10-14)24-15-11-18(27-4)21(29-6)19(12-15)28-5/h8-12,20,24H,2,7H2,1,3-6H3/t20-/m1/s1. The van der Waals surface area contributed by atoms with Gasteiger partial charge in [-0.3, -0.25) is 0 Å². The second kappa shape index (κ2) is 10.6. The lowest BCUT2D eigenvalue weighted by Gasteiger charge is -2.23. The fourth-order valence-corrected chi connectivity index (χ4v) is 3.17. The van der Waals surface area contributed by atoms with Crippen LogP contribution in [-0.4, -0.2) is 41.0 Å². The van der Waals surface area contributed by atoms with Gasteiger partial charge in [-0.1, -0.05) is 24.2 Å². The molecule has 2 aromatic carbocycles. The van der Waals surface area contributed by atoms with Gasteiger partial charge in [0.05, 0.1) is 51.7 Å². The van der Waals surface area contributed by atoms with Gasteiger partial charge in [-0.25, -0.2) is 4.79 Å². The number of hydrogen-bond donors (Lipinski definition) is 1. The Bertz CT molecular complexity index is 889. The van der Waals surface area contributed by atoms with Crippen molar-refractivity contribution in [3.8, 4) is 23.0 Å². The van der Waals surface area contributed by atoms with Crippen LogP contribution in [0.15, 0.2) is 42.5 Å². The van der Waals surface area contributed by atoms with Crippen molar-refractivity contribution in [3.05, 3.63) is 53.1 Å². The number of rotatable bonds is 10. The molecular weight excluding hydrogens is 410 g/mol. The fourth-order valence-electron chi connectivity index (χ4n) is 2.91. The molecule has 0 amide bonds. The second-order valence-electron chi connectivity index (χ2n) is 6.13. The van der Waals surface area contributed by atoms with E-state index in [-0.39, 0.29) is 12.2 Å². The first-order chi connectivity index (χ1) is 14.4. The molecule has 0 aliphatic carbocycles. The molecule has 0 unspecified atom stereocenters. The van der Waals surface area contributed by atoms with Gasteiger partial charge in [-0.2, -0.15) is 0 Å². The van der Waals surface area contributed by atoms with Crippen molar-refractivity contribution in [1.82, 2.24) is 0 Å². The Balaban J connectivity index is 2.51. The van der Waals surface area contributed by atoms with E-state index in [1.807, 2.05) is 0 Å². The maximum absolute atomic E-state index is 12.4. The van der Waals surface area contributed by atoms with Crippen LogP contribution in [0.3, 0.4) is 0 Å².